The van der Waals surface area contributed by atoms with Crippen LogP contribution in [-0.4, -0.2) is 96.7 Å². The number of ether oxygens (including phenoxy) is 4. The Morgan fingerprint density at radius 1 is 0.261 bits per heavy atom. The number of rotatable bonds is 91. The van der Waals surface area contributed by atoms with Crippen molar-refractivity contribution in [2.24, 2.45) is 11.8 Å². The van der Waals surface area contributed by atoms with Gasteiger partial charge >= 0.3 is 39.5 Å². The lowest BCUT2D eigenvalue weighted by atomic mass is 9.99. The molecule has 0 aromatic carbocycles. The highest BCUT2D eigenvalue weighted by Gasteiger charge is 2.31. The highest BCUT2D eigenvalue weighted by molar-refractivity contribution is 7.47. The molecule has 19 heteroatoms. The molecule has 17 nitrogen and oxygen atoms in total. The van der Waals surface area contributed by atoms with Gasteiger partial charge < -0.3 is 33.8 Å². The van der Waals surface area contributed by atoms with Crippen LogP contribution >= 0.6 is 15.6 Å². The second kappa shape index (κ2) is 83.1. The summed E-state index contributed by atoms with van der Waals surface area (Å²) in [7, 11) is -9.94. The van der Waals surface area contributed by atoms with E-state index in [-0.39, 0.29) is 25.7 Å². The number of aliphatic hydroxyl groups is 1. The van der Waals surface area contributed by atoms with Crippen molar-refractivity contribution in [3.8, 4) is 0 Å². The summed E-state index contributed by atoms with van der Waals surface area (Å²) in [6, 6.07) is 0. The average Bonchev–Trinajstić information content (AvgIpc) is 0.901. The van der Waals surface area contributed by atoms with Gasteiger partial charge in [0.2, 0.25) is 0 Å². The van der Waals surface area contributed by atoms with Crippen LogP contribution in [0.2, 0.25) is 0 Å². The van der Waals surface area contributed by atoms with Crippen LogP contribution < -0.4 is 0 Å². The predicted molar refractivity (Wildman–Crippen MR) is 460 cm³/mol. The van der Waals surface area contributed by atoms with E-state index in [1.54, 1.807) is 0 Å². The predicted octanol–water partition coefficient (Wildman–Crippen LogP) is 28.6. The molecule has 0 aromatic rings. The van der Waals surface area contributed by atoms with Crippen molar-refractivity contribution in [3.05, 3.63) is 0 Å². The van der Waals surface area contributed by atoms with Gasteiger partial charge in [0.1, 0.15) is 19.3 Å². The maximum absolute atomic E-state index is 13.2. The van der Waals surface area contributed by atoms with Gasteiger partial charge in [0.05, 0.1) is 26.4 Å². The molecule has 0 aromatic heterocycles. The van der Waals surface area contributed by atoms with E-state index in [9.17, 15) is 43.2 Å². The van der Waals surface area contributed by atoms with Crippen molar-refractivity contribution in [1.29, 1.82) is 0 Å². The summed E-state index contributed by atoms with van der Waals surface area (Å²) in [5.41, 5.74) is 0. The zero-order chi connectivity index (χ0) is 81.3. The molecule has 0 amide bonds. The molecule has 0 aliphatic rings. The normalized spacial score (nSPS) is 14.0. The minimum absolute atomic E-state index is 0.108. The van der Waals surface area contributed by atoms with E-state index in [0.717, 1.165) is 102 Å². The summed E-state index contributed by atoms with van der Waals surface area (Å²) in [6.45, 7) is 9.79. The summed E-state index contributed by atoms with van der Waals surface area (Å²) in [5, 5.41) is 10.7. The number of carbonyl (C=O) groups is 4. The Hall–Kier alpha value is -1.94. The standard InChI is InChI=1S/C92H180O17P2/c1-7-10-12-14-16-18-20-21-22-23-24-25-26-30-33-39-45-51-57-63-69-75-90(95)103-81-88(109-91(96)76-70-64-58-52-46-40-34-31-28-27-29-32-37-43-48-54-60-66-72-84(4)5)83-107-111(100,101)105-79-86(93)78-104-110(98,99)106-82-87(80-102-89(94)74-68-62-56-50-42-19-17-15-13-11-8-2)108-92(97)77-71-65-59-53-47-41-36-35-38-44-49-55-61-67-73-85(6)9-3/h84-88,93H,7-83H2,1-6H3,(H,98,99)(H,100,101)/t85?,86-,87+,88+/m0/s1. The third-order valence-electron chi connectivity index (χ3n) is 22.1. The Morgan fingerprint density at radius 2 is 0.459 bits per heavy atom. The second-order valence-electron chi connectivity index (χ2n) is 33.8. The zero-order valence-corrected chi connectivity index (χ0v) is 75.1. The van der Waals surface area contributed by atoms with Crippen molar-refractivity contribution in [2.75, 3.05) is 39.6 Å². The molecule has 0 radical (unpaired) electrons. The molecule has 0 fully saturated rings. The van der Waals surface area contributed by atoms with Crippen LogP contribution in [0.5, 0.6) is 0 Å². The van der Waals surface area contributed by atoms with E-state index in [1.165, 1.54) is 315 Å². The lowest BCUT2D eigenvalue weighted by molar-refractivity contribution is -0.161. The Morgan fingerprint density at radius 3 is 0.685 bits per heavy atom. The lowest BCUT2D eigenvalue weighted by Gasteiger charge is -2.21. The first kappa shape index (κ1) is 109. The van der Waals surface area contributed by atoms with Gasteiger partial charge in [0, 0.05) is 25.7 Å². The van der Waals surface area contributed by atoms with E-state index >= 15 is 0 Å². The van der Waals surface area contributed by atoms with Gasteiger partial charge in [-0.25, -0.2) is 9.13 Å². The highest BCUT2D eigenvalue weighted by atomic mass is 31.2. The lowest BCUT2D eigenvalue weighted by Crippen LogP contribution is -2.30. The molecule has 0 rings (SSSR count). The van der Waals surface area contributed by atoms with Crippen LogP contribution in [0.3, 0.4) is 0 Å². The topological polar surface area (TPSA) is 237 Å². The molecule has 6 atom stereocenters. The van der Waals surface area contributed by atoms with Crippen molar-refractivity contribution < 1.29 is 80.2 Å². The molecule has 0 spiro atoms. The van der Waals surface area contributed by atoms with Gasteiger partial charge in [-0.1, -0.05) is 446 Å². The number of aliphatic hydroxyl groups excluding tert-OH is 1. The number of esters is 4. The summed E-state index contributed by atoms with van der Waals surface area (Å²) in [6.07, 6.45) is 77.8. The molecule has 0 saturated heterocycles. The fourth-order valence-corrected chi connectivity index (χ4v) is 16.0. The average molecular weight is 1620 g/mol. The Bertz CT molecular complexity index is 2120. The number of hydrogen-bond donors (Lipinski definition) is 3. The zero-order valence-electron chi connectivity index (χ0n) is 73.3. The second-order valence-corrected chi connectivity index (χ2v) is 36.7. The van der Waals surface area contributed by atoms with Crippen molar-refractivity contribution >= 4 is 39.5 Å². The molecule has 0 heterocycles. The first-order valence-electron chi connectivity index (χ1n) is 47.5. The smallest absolute Gasteiger partial charge is 0.462 e. The number of phosphoric acid groups is 2. The van der Waals surface area contributed by atoms with Gasteiger partial charge in [0.25, 0.3) is 0 Å². The fraction of sp³-hybridized carbons (Fsp3) is 0.957. The molecule has 111 heavy (non-hydrogen) atoms. The summed E-state index contributed by atoms with van der Waals surface area (Å²) in [5.74, 6) is -0.428. The molecular formula is C92H180O17P2. The number of unbranched alkanes of at least 4 members (excludes halogenated alkanes) is 60. The molecule has 3 unspecified atom stereocenters. The molecule has 0 bridgehead atoms. The minimum Gasteiger partial charge on any atom is -0.462 e. The maximum Gasteiger partial charge on any atom is 0.472 e. The third-order valence-corrected chi connectivity index (χ3v) is 24.0. The van der Waals surface area contributed by atoms with Crippen molar-refractivity contribution in [3.63, 3.8) is 0 Å². The van der Waals surface area contributed by atoms with Gasteiger partial charge in [-0.3, -0.25) is 37.3 Å². The number of hydrogen-bond acceptors (Lipinski definition) is 15. The van der Waals surface area contributed by atoms with Crippen molar-refractivity contribution in [2.45, 2.75) is 516 Å². The van der Waals surface area contributed by atoms with Crippen molar-refractivity contribution in [1.82, 2.24) is 0 Å². The van der Waals surface area contributed by atoms with Crippen LogP contribution in [0.4, 0.5) is 0 Å². The van der Waals surface area contributed by atoms with E-state index in [1.807, 2.05) is 0 Å². The Balaban J connectivity index is 5.23. The first-order chi connectivity index (χ1) is 53.9. The molecule has 0 aliphatic heterocycles. The van der Waals surface area contributed by atoms with E-state index in [0.29, 0.717) is 25.7 Å². The van der Waals surface area contributed by atoms with Crippen LogP contribution in [0.15, 0.2) is 0 Å². The van der Waals surface area contributed by atoms with E-state index in [2.05, 4.69) is 41.5 Å². The van der Waals surface area contributed by atoms with Crippen LogP contribution in [0.1, 0.15) is 497 Å². The van der Waals surface area contributed by atoms with Crippen LogP contribution in [0.25, 0.3) is 0 Å². The number of phosphoric ester groups is 2. The van der Waals surface area contributed by atoms with E-state index in [4.69, 9.17) is 37.0 Å². The van der Waals surface area contributed by atoms with Gasteiger partial charge in [0.15, 0.2) is 12.2 Å². The SMILES string of the molecule is CCCCCCCCCCCCCCCCCCCCCCCC(=O)OC[C@H](COP(=O)(O)OC[C@@H](O)COP(=O)(O)OC[C@@H](COC(=O)CCCCCCCCCCCCC)OC(=O)CCCCCCCCCCCCCCCCC(C)CC)OC(=O)CCCCCCCCCCCCCCCCCCCCC(C)C. The Labute approximate surface area is 683 Å². The molecular weight excluding hydrogens is 1440 g/mol. The van der Waals surface area contributed by atoms with Crippen LogP contribution in [-0.2, 0) is 65.4 Å². The van der Waals surface area contributed by atoms with Crippen LogP contribution in [0, 0.1) is 11.8 Å². The van der Waals surface area contributed by atoms with Gasteiger partial charge in [-0.15, -0.1) is 0 Å². The fourth-order valence-electron chi connectivity index (χ4n) is 14.4. The van der Waals surface area contributed by atoms with E-state index < -0.39 is 97.5 Å². The maximum atomic E-state index is 13.2. The third kappa shape index (κ3) is 84.3. The molecule has 0 aliphatic carbocycles. The Kier molecular flexibility index (Phi) is 81.7. The summed E-state index contributed by atoms with van der Waals surface area (Å²) in [4.78, 5) is 73.4. The highest BCUT2D eigenvalue weighted by Crippen LogP contribution is 2.45. The first-order valence-corrected chi connectivity index (χ1v) is 50.5. The largest absolute Gasteiger partial charge is 0.472 e. The molecule has 660 valence electrons. The quantitative estimate of drug-likeness (QED) is 0.0222. The summed E-state index contributed by atoms with van der Waals surface area (Å²) < 4.78 is 69.1. The summed E-state index contributed by atoms with van der Waals surface area (Å²) >= 11 is 0. The molecule has 3 N–H and O–H groups in total. The monoisotopic (exact) mass is 1620 g/mol. The van der Waals surface area contributed by atoms with Gasteiger partial charge in [-0.05, 0) is 37.5 Å². The molecule has 0 saturated carbocycles. The van der Waals surface area contributed by atoms with Gasteiger partial charge in [-0.2, -0.15) is 0 Å². The minimum atomic E-state index is -4.97. The number of carbonyl (C=O) groups excluding carboxylic acids is 4.